The van der Waals surface area contributed by atoms with E-state index in [0.29, 0.717) is 12.2 Å². The third-order valence-electron chi connectivity index (χ3n) is 2.38. The Balaban J connectivity index is 2.07. The molecule has 3 unspecified atom stereocenters. The van der Waals surface area contributed by atoms with E-state index in [1.807, 2.05) is 0 Å². The van der Waals surface area contributed by atoms with Crippen molar-refractivity contribution in [2.24, 2.45) is 0 Å². The van der Waals surface area contributed by atoms with Crippen molar-refractivity contribution in [1.29, 1.82) is 0 Å². The molecule has 13 heavy (non-hydrogen) atoms. The van der Waals surface area contributed by atoms with E-state index in [1.54, 1.807) is 0 Å². The van der Waals surface area contributed by atoms with Crippen LogP contribution >= 0.6 is 0 Å². The maximum Gasteiger partial charge on any atom is 0.104 e. The van der Waals surface area contributed by atoms with Crippen LogP contribution < -0.4 is 0 Å². The van der Waals surface area contributed by atoms with Crippen LogP contribution in [0, 0.1) is 0 Å². The van der Waals surface area contributed by atoms with Crippen molar-refractivity contribution in [3.63, 3.8) is 0 Å². The minimum absolute atomic E-state index is 0.184. The van der Waals surface area contributed by atoms with Crippen LogP contribution in [-0.4, -0.2) is 55.6 Å². The highest BCUT2D eigenvalue weighted by molar-refractivity contribution is 4.80. The van der Waals surface area contributed by atoms with Crippen LogP contribution in [0.5, 0.6) is 0 Å². The molecular formula is C10H22NO2+. The molecule has 0 saturated carbocycles. The smallest absolute Gasteiger partial charge is 0.104 e. The first kappa shape index (κ1) is 11.0. The topological polar surface area (TPSA) is 32.8 Å². The number of aliphatic hydroxyl groups excluding tert-OH is 1. The number of aliphatic hydroxyl groups is 1. The normalized spacial score (nSPS) is 30.2. The fourth-order valence-corrected chi connectivity index (χ4v) is 1.61. The van der Waals surface area contributed by atoms with Gasteiger partial charge < -0.3 is 14.3 Å². The Kier molecular flexibility index (Phi) is 3.33. The van der Waals surface area contributed by atoms with E-state index < -0.39 is 0 Å². The summed E-state index contributed by atoms with van der Waals surface area (Å²) in [7, 11) is 6.29. The molecule has 0 amide bonds. The van der Waals surface area contributed by atoms with Crippen molar-refractivity contribution in [3.05, 3.63) is 0 Å². The van der Waals surface area contributed by atoms with Gasteiger partial charge in [0.05, 0.1) is 33.4 Å². The third kappa shape index (κ3) is 4.60. The molecular weight excluding hydrogens is 166 g/mol. The van der Waals surface area contributed by atoms with Gasteiger partial charge in [-0.3, -0.25) is 0 Å². The van der Waals surface area contributed by atoms with Crippen molar-refractivity contribution in [1.82, 2.24) is 0 Å². The molecule has 0 aromatic heterocycles. The van der Waals surface area contributed by atoms with Crippen LogP contribution in [0.3, 0.4) is 0 Å². The largest absolute Gasteiger partial charge is 0.387 e. The molecule has 3 nitrogen and oxygen atoms in total. The number of ether oxygens (including phenoxy) is 1. The van der Waals surface area contributed by atoms with Crippen LogP contribution in [0.2, 0.25) is 0 Å². The molecule has 0 aromatic carbocycles. The fourth-order valence-electron chi connectivity index (χ4n) is 1.61. The molecule has 0 radical (unpaired) electrons. The van der Waals surface area contributed by atoms with Crippen molar-refractivity contribution < 1.29 is 14.3 Å². The number of likely N-dealkylation sites (N-methyl/N-ethyl adjacent to an activating group) is 1. The molecule has 78 valence electrons. The Bertz CT molecular complexity index is 165. The molecule has 3 atom stereocenters. The molecule has 1 fully saturated rings. The molecule has 3 heteroatoms. The van der Waals surface area contributed by atoms with Gasteiger partial charge in [-0.15, -0.1) is 0 Å². The minimum Gasteiger partial charge on any atom is -0.387 e. The average Bonchev–Trinajstić information content (AvgIpc) is 2.58. The molecule has 1 aliphatic rings. The van der Waals surface area contributed by atoms with E-state index >= 15 is 0 Å². The zero-order chi connectivity index (χ0) is 10.1. The van der Waals surface area contributed by atoms with Gasteiger partial charge in [0.25, 0.3) is 0 Å². The Morgan fingerprint density at radius 2 is 1.92 bits per heavy atom. The number of epoxide rings is 1. The number of quaternary nitrogens is 1. The summed E-state index contributed by atoms with van der Waals surface area (Å²) >= 11 is 0. The Hall–Kier alpha value is -0.120. The van der Waals surface area contributed by atoms with Gasteiger partial charge in [-0.1, -0.05) is 0 Å². The lowest BCUT2D eigenvalue weighted by atomic mass is 10.1. The molecule has 1 saturated heterocycles. The highest BCUT2D eigenvalue weighted by atomic mass is 16.6. The number of hydrogen-bond donors (Lipinski definition) is 1. The second-order valence-electron chi connectivity index (χ2n) is 5.08. The zero-order valence-electron chi connectivity index (χ0n) is 9.16. The monoisotopic (exact) mass is 188 g/mol. The number of nitrogens with zero attached hydrogens (tertiary/aromatic N) is 1. The SMILES string of the molecule is CC1OC1CCC(O)C[N+](C)(C)C. The van der Waals surface area contributed by atoms with Crippen LogP contribution in [0.1, 0.15) is 19.8 Å². The summed E-state index contributed by atoms with van der Waals surface area (Å²) in [6.07, 6.45) is 2.53. The van der Waals surface area contributed by atoms with E-state index in [0.717, 1.165) is 23.9 Å². The van der Waals surface area contributed by atoms with E-state index in [4.69, 9.17) is 4.74 Å². The Morgan fingerprint density at radius 3 is 2.31 bits per heavy atom. The lowest BCUT2D eigenvalue weighted by molar-refractivity contribution is -0.873. The zero-order valence-corrected chi connectivity index (χ0v) is 9.16. The second kappa shape index (κ2) is 3.95. The van der Waals surface area contributed by atoms with Gasteiger partial charge in [-0.2, -0.15) is 0 Å². The van der Waals surface area contributed by atoms with E-state index in [9.17, 15) is 5.11 Å². The van der Waals surface area contributed by atoms with Gasteiger partial charge in [0.15, 0.2) is 0 Å². The summed E-state index contributed by atoms with van der Waals surface area (Å²) < 4.78 is 6.10. The first-order valence-corrected chi connectivity index (χ1v) is 5.02. The van der Waals surface area contributed by atoms with Crippen LogP contribution in [0.4, 0.5) is 0 Å². The van der Waals surface area contributed by atoms with Gasteiger partial charge in [0.2, 0.25) is 0 Å². The lowest BCUT2D eigenvalue weighted by Gasteiger charge is -2.26. The highest BCUT2D eigenvalue weighted by Crippen LogP contribution is 2.26. The molecule has 0 aliphatic carbocycles. The molecule has 0 aromatic rings. The van der Waals surface area contributed by atoms with E-state index in [-0.39, 0.29) is 6.10 Å². The van der Waals surface area contributed by atoms with Gasteiger partial charge >= 0.3 is 0 Å². The van der Waals surface area contributed by atoms with Gasteiger partial charge in [0.1, 0.15) is 12.6 Å². The van der Waals surface area contributed by atoms with Crippen molar-refractivity contribution in [2.45, 2.75) is 38.1 Å². The second-order valence-corrected chi connectivity index (χ2v) is 5.08. The molecule has 0 spiro atoms. The third-order valence-corrected chi connectivity index (χ3v) is 2.38. The standard InChI is InChI=1S/C10H22NO2/c1-8-10(13-8)6-5-9(12)7-11(2,3)4/h8-10,12H,5-7H2,1-4H3/q+1. The van der Waals surface area contributed by atoms with E-state index in [1.165, 1.54) is 0 Å². The first-order chi connectivity index (χ1) is 5.88. The van der Waals surface area contributed by atoms with Gasteiger partial charge in [0, 0.05) is 0 Å². The summed E-state index contributed by atoms with van der Waals surface area (Å²) in [6.45, 7) is 2.90. The predicted molar refractivity (Wildman–Crippen MR) is 52.5 cm³/mol. The maximum atomic E-state index is 9.68. The molecule has 1 heterocycles. The molecule has 1 aliphatic heterocycles. The van der Waals surface area contributed by atoms with Crippen LogP contribution in [0.25, 0.3) is 0 Å². The molecule has 0 bridgehead atoms. The Labute approximate surface area is 80.9 Å². The minimum atomic E-state index is -0.184. The summed E-state index contributed by atoms with van der Waals surface area (Å²) in [5.74, 6) is 0. The van der Waals surface area contributed by atoms with Gasteiger partial charge in [-0.05, 0) is 19.8 Å². The first-order valence-electron chi connectivity index (χ1n) is 5.02. The van der Waals surface area contributed by atoms with Crippen LogP contribution in [0.15, 0.2) is 0 Å². The quantitative estimate of drug-likeness (QED) is 0.507. The molecule has 1 N–H and O–H groups in total. The fraction of sp³-hybridized carbons (Fsp3) is 1.00. The summed E-state index contributed by atoms with van der Waals surface area (Å²) in [6, 6.07) is 0. The van der Waals surface area contributed by atoms with E-state index in [2.05, 4.69) is 28.1 Å². The number of hydrogen-bond acceptors (Lipinski definition) is 2. The van der Waals surface area contributed by atoms with Crippen molar-refractivity contribution >= 4 is 0 Å². The molecule has 1 rings (SSSR count). The predicted octanol–water partition coefficient (Wildman–Crippen LogP) is 0.621. The lowest BCUT2D eigenvalue weighted by Crippen LogP contribution is -2.41. The Morgan fingerprint density at radius 1 is 1.38 bits per heavy atom. The van der Waals surface area contributed by atoms with Crippen LogP contribution in [-0.2, 0) is 4.74 Å². The average molecular weight is 188 g/mol. The summed E-state index contributed by atoms with van der Waals surface area (Å²) in [5, 5.41) is 9.68. The van der Waals surface area contributed by atoms with Crippen molar-refractivity contribution in [2.75, 3.05) is 27.7 Å². The maximum absolute atomic E-state index is 9.68. The number of rotatable bonds is 5. The summed E-state index contributed by atoms with van der Waals surface area (Å²) in [4.78, 5) is 0. The highest BCUT2D eigenvalue weighted by Gasteiger charge is 2.34. The van der Waals surface area contributed by atoms with Gasteiger partial charge in [-0.25, -0.2) is 0 Å². The summed E-state index contributed by atoms with van der Waals surface area (Å²) in [5.41, 5.74) is 0. The van der Waals surface area contributed by atoms with Crippen molar-refractivity contribution in [3.8, 4) is 0 Å².